The predicted octanol–water partition coefficient (Wildman–Crippen LogP) is 0.582. The van der Waals surface area contributed by atoms with Gasteiger partial charge in [-0.2, -0.15) is 0 Å². The average Bonchev–Trinajstić information content (AvgIpc) is 2.01. The van der Waals surface area contributed by atoms with Gasteiger partial charge < -0.3 is 9.64 Å². The molecule has 4 heteroatoms. The van der Waals surface area contributed by atoms with E-state index in [9.17, 15) is 9.59 Å². The second-order valence-electron chi connectivity index (χ2n) is 2.94. The van der Waals surface area contributed by atoms with E-state index in [0.29, 0.717) is 0 Å². The van der Waals surface area contributed by atoms with Crippen LogP contribution < -0.4 is 0 Å². The van der Waals surface area contributed by atoms with Crippen molar-refractivity contribution in [3.8, 4) is 0 Å². The molecule has 0 N–H and O–H groups in total. The molecule has 4 nitrogen and oxygen atoms in total. The Labute approximate surface area is 78.2 Å². The van der Waals surface area contributed by atoms with Gasteiger partial charge >= 0.3 is 5.97 Å². The van der Waals surface area contributed by atoms with Crippen LogP contribution in [0.4, 0.5) is 0 Å². The van der Waals surface area contributed by atoms with Crippen molar-refractivity contribution in [2.24, 2.45) is 0 Å². The molecule has 0 saturated carbocycles. The molecule has 0 rings (SSSR count). The van der Waals surface area contributed by atoms with Gasteiger partial charge in [0.1, 0.15) is 6.54 Å². The third kappa shape index (κ3) is 5.00. The number of hydrogen-bond donors (Lipinski definition) is 0. The van der Waals surface area contributed by atoms with Crippen molar-refractivity contribution in [1.29, 1.82) is 0 Å². The van der Waals surface area contributed by atoms with E-state index in [4.69, 9.17) is 4.74 Å². The zero-order chi connectivity index (χ0) is 10.4. The molecule has 0 aromatic heterocycles. The highest BCUT2D eigenvalue weighted by Crippen LogP contribution is 1.92. The van der Waals surface area contributed by atoms with Crippen molar-refractivity contribution in [2.45, 2.75) is 20.0 Å². The van der Waals surface area contributed by atoms with E-state index >= 15 is 0 Å². The number of hydrogen-bond acceptors (Lipinski definition) is 3. The zero-order valence-corrected chi connectivity index (χ0v) is 8.24. The van der Waals surface area contributed by atoms with Crippen LogP contribution >= 0.6 is 0 Å². The molecule has 0 radical (unpaired) electrons. The molecule has 0 aliphatic heterocycles. The van der Waals surface area contributed by atoms with Gasteiger partial charge in [-0.1, -0.05) is 6.58 Å². The summed E-state index contributed by atoms with van der Waals surface area (Å²) in [4.78, 5) is 23.2. The standard InChI is InChI=1S/C9H15NO3/c1-5-8(11)10(4)6-9(12)13-7(2)3/h5,7H,1,6H2,2-4H3. The van der Waals surface area contributed by atoms with Crippen LogP contribution in [0.5, 0.6) is 0 Å². The van der Waals surface area contributed by atoms with Crippen molar-refractivity contribution in [1.82, 2.24) is 4.90 Å². The maximum absolute atomic E-state index is 11.0. The van der Waals surface area contributed by atoms with E-state index in [0.717, 1.165) is 6.08 Å². The van der Waals surface area contributed by atoms with Crippen molar-refractivity contribution < 1.29 is 14.3 Å². The van der Waals surface area contributed by atoms with Gasteiger partial charge in [0.25, 0.3) is 0 Å². The van der Waals surface area contributed by atoms with Gasteiger partial charge in [0, 0.05) is 7.05 Å². The smallest absolute Gasteiger partial charge is 0.325 e. The molecule has 0 spiro atoms. The molecule has 1 amide bonds. The fourth-order valence-corrected chi connectivity index (χ4v) is 0.728. The van der Waals surface area contributed by atoms with E-state index < -0.39 is 5.97 Å². The SMILES string of the molecule is C=CC(=O)N(C)CC(=O)OC(C)C. The molecule has 0 bridgehead atoms. The van der Waals surface area contributed by atoms with E-state index in [1.165, 1.54) is 11.9 Å². The van der Waals surface area contributed by atoms with Crippen molar-refractivity contribution in [3.05, 3.63) is 12.7 Å². The molecule has 0 aliphatic rings. The minimum absolute atomic E-state index is 0.0387. The second kappa shape index (κ2) is 5.35. The van der Waals surface area contributed by atoms with E-state index in [1.807, 2.05) is 0 Å². The highest BCUT2D eigenvalue weighted by molar-refractivity contribution is 5.89. The molecular weight excluding hydrogens is 170 g/mol. The van der Waals surface area contributed by atoms with Gasteiger partial charge in [-0.15, -0.1) is 0 Å². The van der Waals surface area contributed by atoms with Crippen molar-refractivity contribution in [3.63, 3.8) is 0 Å². The Morgan fingerprint density at radius 3 is 2.46 bits per heavy atom. The van der Waals surface area contributed by atoms with Crippen molar-refractivity contribution >= 4 is 11.9 Å². The van der Waals surface area contributed by atoms with Gasteiger partial charge in [0.2, 0.25) is 5.91 Å². The summed E-state index contributed by atoms with van der Waals surface area (Å²) in [6.45, 7) is 6.78. The summed E-state index contributed by atoms with van der Waals surface area (Å²) >= 11 is 0. The third-order valence-electron chi connectivity index (χ3n) is 1.28. The molecule has 74 valence electrons. The van der Waals surface area contributed by atoms with Crippen LogP contribution in [0, 0.1) is 0 Å². The van der Waals surface area contributed by atoms with Crippen LogP contribution in [0.3, 0.4) is 0 Å². The number of rotatable bonds is 4. The lowest BCUT2D eigenvalue weighted by Crippen LogP contribution is -2.32. The number of amides is 1. The average molecular weight is 185 g/mol. The largest absolute Gasteiger partial charge is 0.462 e. The molecule has 0 aromatic carbocycles. The van der Waals surface area contributed by atoms with E-state index in [-0.39, 0.29) is 18.6 Å². The summed E-state index contributed by atoms with van der Waals surface area (Å²) in [5, 5.41) is 0. The minimum atomic E-state index is -0.410. The summed E-state index contributed by atoms with van der Waals surface area (Å²) in [5.41, 5.74) is 0. The number of ether oxygens (including phenoxy) is 1. The number of esters is 1. The van der Waals surface area contributed by atoms with Crippen LogP contribution in [0.1, 0.15) is 13.8 Å². The monoisotopic (exact) mass is 185 g/mol. The van der Waals surface area contributed by atoms with E-state index in [2.05, 4.69) is 6.58 Å². The topological polar surface area (TPSA) is 46.6 Å². The number of carbonyl (C=O) groups is 2. The number of nitrogens with zero attached hydrogens (tertiary/aromatic N) is 1. The van der Waals surface area contributed by atoms with Gasteiger partial charge in [0.15, 0.2) is 0 Å². The van der Waals surface area contributed by atoms with Crippen LogP contribution in [0.2, 0.25) is 0 Å². The molecule has 13 heavy (non-hydrogen) atoms. The molecule has 0 atom stereocenters. The Balaban J connectivity index is 3.91. The maximum Gasteiger partial charge on any atom is 0.325 e. The lowest BCUT2D eigenvalue weighted by atomic mass is 10.4. The Hall–Kier alpha value is -1.32. The molecule has 0 heterocycles. The zero-order valence-electron chi connectivity index (χ0n) is 8.24. The summed E-state index contributed by atoms with van der Waals surface area (Å²) in [7, 11) is 1.52. The van der Waals surface area contributed by atoms with Gasteiger partial charge in [-0.25, -0.2) is 0 Å². The number of likely N-dealkylation sites (N-methyl/N-ethyl adjacent to an activating group) is 1. The van der Waals surface area contributed by atoms with E-state index in [1.54, 1.807) is 13.8 Å². The summed E-state index contributed by atoms with van der Waals surface area (Å²) in [6, 6.07) is 0. The van der Waals surface area contributed by atoms with Crippen LogP contribution in [0.15, 0.2) is 12.7 Å². The van der Waals surface area contributed by atoms with Gasteiger partial charge in [-0.05, 0) is 19.9 Å². The molecular formula is C9H15NO3. The minimum Gasteiger partial charge on any atom is -0.462 e. The summed E-state index contributed by atoms with van der Waals surface area (Å²) < 4.78 is 4.85. The predicted molar refractivity (Wildman–Crippen MR) is 49.1 cm³/mol. The van der Waals surface area contributed by atoms with Crippen molar-refractivity contribution in [2.75, 3.05) is 13.6 Å². The molecule has 0 aliphatic carbocycles. The summed E-state index contributed by atoms with van der Waals surface area (Å²) in [5.74, 6) is -0.701. The lowest BCUT2D eigenvalue weighted by molar-refractivity contribution is -0.150. The molecule has 0 aromatic rings. The molecule has 0 saturated heterocycles. The second-order valence-corrected chi connectivity index (χ2v) is 2.94. The Kier molecular flexibility index (Phi) is 4.80. The molecule has 0 fully saturated rings. The first-order valence-corrected chi connectivity index (χ1v) is 4.04. The quantitative estimate of drug-likeness (QED) is 0.475. The molecule has 0 unspecified atom stereocenters. The summed E-state index contributed by atoms with van der Waals surface area (Å²) in [6.07, 6.45) is 1.00. The van der Waals surface area contributed by atoms with Gasteiger partial charge in [-0.3, -0.25) is 9.59 Å². The Morgan fingerprint density at radius 1 is 1.54 bits per heavy atom. The normalized spacial score (nSPS) is 9.54. The van der Waals surface area contributed by atoms with Crippen LogP contribution in [-0.2, 0) is 14.3 Å². The highest BCUT2D eigenvalue weighted by atomic mass is 16.5. The van der Waals surface area contributed by atoms with Gasteiger partial charge in [0.05, 0.1) is 6.10 Å². The number of carbonyl (C=O) groups excluding carboxylic acids is 2. The lowest BCUT2D eigenvalue weighted by Gasteiger charge is -2.15. The fourth-order valence-electron chi connectivity index (χ4n) is 0.728. The highest BCUT2D eigenvalue weighted by Gasteiger charge is 2.11. The first-order valence-electron chi connectivity index (χ1n) is 4.04. The van der Waals surface area contributed by atoms with Crippen LogP contribution in [0.25, 0.3) is 0 Å². The Bertz CT molecular complexity index is 211. The maximum atomic E-state index is 11.0. The van der Waals surface area contributed by atoms with Crippen LogP contribution in [-0.4, -0.2) is 36.5 Å². The fraction of sp³-hybridized carbons (Fsp3) is 0.556. The first-order chi connectivity index (χ1) is 5.97. The Morgan fingerprint density at radius 2 is 2.08 bits per heavy atom. The first kappa shape index (κ1) is 11.7. The third-order valence-corrected chi connectivity index (χ3v) is 1.28.